The summed E-state index contributed by atoms with van der Waals surface area (Å²) in [6.07, 6.45) is 1.82. The van der Waals surface area contributed by atoms with Crippen LogP contribution in [0.25, 0.3) is 94.4 Å². The number of rotatable bonds is 10. The van der Waals surface area contributed by atoms with Crippen molar-refractivity contribution in [3.63, 3.8) is 0 Å². The van der Waals surface area contributed by atoms with Crippen molar-refractivity contribution < 1.29 is 30.5 Å². The molecular weight excluding hydrogens is 1150 g/mol. The third kappa shape index (κ3) is 8.55. The zero-order chi connectivity index (χ0) is 51.5. The predicted octanol–water partition coefficient (Wildman–Crippen LogP) is 19.1. The first kappa shape index (κ1) is 47.7. The molecule has 13 aromatic rings. The van der Waals surface area contributed by atoms with Gasteiger partial charge in [0.05, 0.1) is 5.69 Å². The second-order valence-corrected chi connectivity index (χ2v) is 19.6. The first-order valence-corrected chi connectivity index (χ1v) is 26.2. The predicted molar refractivity (Wildman–Crippen MR) is 317 cm³/mol. The van der Waals surface area contributed by atoms with Crippen LogP contribution in [0.2, 0.25) is 0 Å². The van der Waals surface area contributed by atoms with Crippen LogP contribution in [0.1, 0.15) is 0 Å². The minimum Gasteiger partial charge on any atom is -0.513 e. The smallest absolute Gasteiger partial charge is 0.135 e. The summed E-state index contributed by atoms with van der Waals surface area (Å²) in [5, 5.41) is 2.18. The molecule has 0 spiro atoms. The molecule has 15 rings (SSSR count). The molecule has 0 radical (unpaired) electrons. The number of nitrogens with zero attached hydrogens (tertiary/aromatic N) is 4. The fourth-order valence-corrected chi connectivity index (χ4v) is 11.3. The third-order valence-electron chi connectivity index (χ3n) is 14.9. The standard InChI is InChI=1S/C72H45N4O2.Pt/c1-5-19-48(20-6-1)52-39-53(49-21-7-2-8-22-49)42-56(41-52)60-28-17-29-61(57-43-54(50-23-9-3-10-24-50)40-55(44-57)51-25-11-4-12-26-51)71(60)74-47-75-67-46-59(35-37-68(67)78-69-32-18-31-65(74)72(69)75)77-58-34-36-63-62-27-13-14-30-64(62)76(66(63)45-58)70-33-15-16-38-73-70;/h1-44,47H;/q-3;. The van der Waals surface area contributed by atoms with E-state index in [4.69, 9.17) is 14.5 Å². The number of benzene rings is 11. The van der Waals surface area contributed by atoms with E-state index in [1.165, 1.54) is 0 Å². The Morgan fingerprint density at radius 1 is 0.392 bits per heavy atom. The topological polar surface area (TPSA) is 42.8 Å². The van der Waals surface area contributed by atoms with Crippen LogP contribution in [0.4, 0.5) is 22.7 Å². The summed E-state index contributed by atoms with van der Waals surface area (Å²) in [5.41, 5.74) is 19.0. The van der Waals surface area contributed by atoms with Gasteiger partial charge in [0.15, 0.2) is 0 Å². The Kier molecular flexibility index (Phi) is 12.1. The van der Waals surface area contributed by atoms with Gasteiger partial charge in [0, 0.05) is 72.5 Å². The Labute approximate surface area is 472 Å². The molecule has 0 N–H and O–H groups in total. The number of aromatic nitrogens is 2. The van der Waals surface area contributed by atoms with Crippen molar-refractivity contribution in [2.24, 2.45) is 0 Å². The Morgan fingerprint density at radius 2 is 0.911 bits per heavy atom. The van der Waals surface area contributed by atoms with Crippen molar-refractivity contribution in [2.45, 2.75) is 0 Å². The molecule has 0 bridgehead atoms. The van der Waals surface area contributed by atoms with E-state index in [0.29, 0.717) is 17.2 Å². The molecule has 11 aromatic carbocycles. The number of hydrogen-bond acceptors (Lipinski definition) is 5. The second kappa shape index (κ2) is 20.0. The van der Waals surface area contributed by atoms with Crippen molar-refractivity contribution >= 4 is 44.6 Å². The normalized spacial score (nSPS) is 12.2. The van der Waals surface area contributed by atoms with Crippen LogP contribution in [0.15, 0.2) is 267 Å². The fourth-order valence-electron chi connectivity index (χ4n) is 11.3. The number of para-hydroxylation sites is 3. The summed E-state index contributed by atoms with van der Waals surface area (Å²) >= 11 is 0. The Morgan fingerprint density at radius 3 is 1.49 bits per heavy atom. The molecule has 0 fully saturated rings. The molecule has 0 atom stereocenters. The Balaban J connectivity index is 0.00000564. The van der Waals surface area contributed by atoms with E-state index >= 15 is 0 Å². The fraction of sp³-hybridized carbons (Fsp3) is 0. The van der Waals surface area contributed by atoms with Crippen LogP contribution in [0, 0.1) is 18.8 Å². The van der Waals surface area contributed by atoms with Crippen LogP contribution in [0.3, 0.4) is 0 Å². The molecule has 2 aliphatic heterocycles. The maximum absolute atomic E-state index is 6.81. The van der Waals surface area contributed by atoms with E-state index < -0.39 is 0 Å². The molecule has 0 amide bonds. The van der Waals surface area contributed by atoms with Crippen LogP contribution in [0.5, 0.6) is 23.0 Å². The summed E-state index contributed by atoms with van der Waals surface area (Å²) in [6, 6.07) is 99.2. The molecule has 2 aromatic heterocycles. The van der Waals surface area contributed by atoms with Gasteiger partial charge < -0.3 is 23.8 Å². The van der Waals surface area contributed by atoms with Gasteiger partial charge in [0.1, 0.15) is 11.6 Å². The molecule has 4 heterocycles. The molecule has 6 nitrogen and oxygen atoms in total. The van der Waals surface area contributed by atoms with E-state index in [1.54, 1.807) is 0 Å². The third-order valence-corrected chi connectivity index (χ3v) is 14.9. The Hall–Kier alpha value is -9.74. The number of ether oxygens (including phenoxy) is 2. The zero-order valence-electron chi connectivity index (χ0n) is 42.4. The molecule has 0 aliphatic carbocycles. The van der Waals surface area contributed by atoms with Crippen molar-refractivity contribution in [1.82, 2.24) is 9.55 Å². The van der Waals surface area contributed by atoms with E-state index in [2.05, 4.69) is 252 Å². The number of fused-ring (bicyclic) bond motifs is 5. The summed E-state index contributed by atoms with van der Waals surface area (Å²) in [6.45, 7) is 2.19. The molecule has 7 heteroatoms. The molecule has 2 aliphatic rings. The summed E-state index contributed by atoms with van der Waals surface area (Å²) in [5.74, 6) is 3.31. The average Bonchev–Trinajstić information content (AvgIpc) is 4.30. The largest absolute Gasteiger partial charge is 0.513 e. The van der Waals surface area contributed by atoms with Gasteiger partial charge in [-0.05, 0) is 128 Å². The minimum atomic E-state index is 0. The number of hydrogen-bond donors (Lipinski definition) is 0. The van der Waals surface area contributed by atoms with E-state index in [-0.39, 0.29) is 21.1 Å². The zero-order valence-corrected chi connectivity index (χ0v) is 44.7. The summed E-state index contributed by atoms with van der Waals surface area (Å²) < 4.78 is 15.7. The van der Waals surface area contributed by atoms with Gasteiger partial charge in [-0.2, -0.15) is 6.07 Å². The monoisotopic (exact) mass is 1190 g/mol. The van der Waals surface area contributed by atoms with Crippen molar-refractivity contribution in [1.29, 1.82) is 0 Å². The quantitative estimate of drug-likeness (QED) is 0.128. The molecular formula is C72H45N4O2Pt-3. The van der Waals surface area contributed by atoms with Gasteiger partial charge in [0.2, 0.25) is 0 Å². The molecule has 0 unspecified atom stereocenters. The van der Waals surface area contributed by atoms with E-state index in [0.717, 1.165) is 123 Å². The molecule has 79 heavy (non-hydrogen) atoms. The minimum absolute atomic E-state index is 0. The first-order valence-electron chi connectivity index (χ1n) is 26.2. The second-order valence-electron chi connectivity index (χ2n) is 19.6. The Bertz CT molecular complexity index is 4160. The molecule has 0 saturated carbocycles. The van der Waals surface area contributed by atoms with Gasteiger partial charge in [-0.25, -0.2) is 4.98 Å². The van der Waals surface area contributed by atoms with Crippen LogP contribution in [-0.4, -0.2) is 9.55 Å². The maximum atomic E-state index is 6.81. The summed E-state index contributed by atoms with van der Waals surface area (Å²) in [7, 11) is 0. The van der Waals surface area contributed by atoms with Crippen LogP contribution < -0.4 is 19.3 Å². The molecule has 0 saturated heterocycles. The van der Waals surface area contributed by atoms with Crippen LogP contribution >= 0.6 is 0 Å². The summed E-state index contributed by atoms with van der Waals surface area (Å²) in [4.78, 5) is 9.28. The van der Waals surface area contributed by atoms with Crippen molar-refractivity contribution in [2.75, 3.05) is 9.80 Å². The number of pyridine rings is 1. The number of anilines is 4. The van der Waals surface area contributed by atoms with Gasteiger partial charge >= 0.3 is 0 Å². The first-order chi connectivity index (χ1) is 38.6. The van der Waals surface area contributed by atoms with Gasteiger partial charge in [-0.3, -0.25) is 0 Å². The molecule has 378 valence electrons. The average molecular weight is 1190 g/mol. The van der Waals surface area contributed by atoms with E-state index in [9.17, 15) is 0 Å². The van der Waals surface area contributed by atoms with E-state index in [1.807, 2.05) is 48.7 Å². The van der Waals surface area contributed by atoms with Crippen molar-refractivity contribution in [3.05, 3.63) is 286 Å². The maximum Gasteiger partial charge on any atom is 0.135 e. The van der Waals surface area contributed by atoms with Gasteiger partial charge in [0.25, 0.3) is 0 Å². The SMILES string of the molecule is [Pt].[c-]1c(Oc2[c-]c3c(cc2)c2ccccc2n3-c2ccccn2)ccc2c1N1[CH-]N(c3c(-c4cc(-c5ccccc5)cc(-c5ccccc5)c4)cccc3-c3cc(-c4ccccc4)cc(-c4ccccc4)c3)c3cccc(c31)O2. The van der Waals surface area contributed by atoms with Gasteiger partial charge in [-0.1, -0.05) is 181 Å². The van der Waals surface area contributed by atoms with Crippen LogP contribution in [-0.2, 0) is 21.1 Å². The van der Waals surface area contributed by atoms with Gasteiger partial charge in [-0.15, -0.1) is 42.4 Å². The van der Waals surface area contributed by atoms with Crippen molar-refractivity contribution in [3.8, 4) is 95.6 Å².